The van der Waals surface area contributed by atoms with Crippen LogP contribution in [-0.4, -0.2) is 26.7 Å². The number of hydrogen-bond acceptors (Lipinski definition) is 5. The van der Waals surface area contributed by atoms with E-state index in [-0.39, 0.29) is 5.41 Å². The highest BCUT2D eigenvalue weighted by molar-refractivity contribution is 7.86. The normalized spacial score (nSPS) is 13.6. The van der Waals surface area contributed by atoms with Gasteiger partial charge < -0.3 is 9.50 Å². The van der Waals surface area contributed by atoms with Gasteiger partial charge in [0.2, 0.25) is 0 Å². The summed E-state index contributed by atoms with van der Waals surface area (Å²) in [5.41, 5.74) is 3.48. The molecule has 24 heavy (non-hydrogen) atoms. The van der Waals surface area contributed by atoms with E-state index in [1.54, 1.807) is 0 Å². The summed E-state index contributed by atoms with van der Waals surface area (Å²) in [6, 6.07) is 5.44. The highest BCUT2D eigenvalue weighted by atomic mass is 32.2. The second kappa shape index (κ2) is 8.12. The minimum absolute atomic E-state index is 0.0474. The number of rotatable bonds is 7. The van der Waals surface area contributed by atoms with E-state index in [1.165, 1.54) is 11.1 Å². The van der Waals surface area contributed by atoms with E-state index in [9.17, 15) is 13.2 Å². The minimum Gasteiger partial charge on any atom is -0.344 e. The summed E-state index contributed by atoms with van der Waals surface area (Å²) in [5.74, 6) is -0.745. The van der Waals surface area contributed by atoms with Gasteiger partial charge in [0, 0.05) is 6.54 Å². The molecule has 0 aromatic heterocycles. The summed E-state index contributed by atoms with van der Waals surface area (Å²) in [5, 5.41) is 3.14. The predicted octanol–water partition coefficient (Wildman–Crippen LogP) is 3.09. The van der Waals surface area contributed by atoms with Crippen LogP contribution in [0.25, 0.3) is 0 Å². The quantitative estimate of drug-likeness (QED) is 0.761. The van der Waals surface area contributed by atoms with Crippen LogP contribution in [0, 0.1) is 19.3 Å². The van der Waals surface area contributed by atoms with Crippen LogP contribution in [0.1, 0.15) is 50.3 Å². The molecule has 0 aliphatic rings. The molecular formula is C18H29NO4S. The molecule has 1 N–H and O–H groups in total. The van der Waals surface area contributed by atoms with Gasteiger partial charge in [-0.05, 0) is 48.8 Å². The topological polar surface area (TPSA) is 72.5 Å². The van der Waals surface area contributed by atoms with E-state index in [4.69, 9.17) is 0 Å². The summed E-state index contributed by atoms with van der Waals surface area (Å²) < 4.78 is 27.0. The first kappa shape index (κ1) is 20.6. The van der Waals surface area contributed by atoms with Gasteiger partial charge in [0.25, 0.3) is 0 Å². The molecule has 0 saturated carbocycles. The van der Waals surface area contributed by atoms with Crippen LogP contribution < -0.4 is 5.32 Å². The van der Waals surface area contributed by atoms with Gasteiger partial charge in [-0.15, -0.1) is 0 Å². The maximum absolute atomic E-state index is 12.2. The Hall–Kier alpha value is -1.40. The minimum atomic E-state index is -3.81. The van der Waals surface area contributed by atoms with E-state index in [0.717, 1.165) is 18.2 Å². The van der Waals surface area contributed by atoms with Crippen LogP contribution in [0.5, 0.6) is 0 Å². The fourth-order valence-corrected chi connectivity index (χ4v) is 2.66. The molecule has 1 aromatic carbocycles. The summed E-state index contributed by atoms with van der Waals surface area (Å²) >= 11 is 0. The van der Waals surface area contributed by atoms with E-state index >= 15 is 0 Å². The third kappa shape index (κ3) is 7.93. The van der Waals surface area contributed by atoms with Crippen molar-refractivity contribution in [3.8, 4) is 0 Å². The number of hydrogen-bond donors (Lipinski definition) is 1. The Morgan fingerprint density at radius 1 is 1.21 bits per heavy atom. The zero-order valence-electron chi connectivity index (χ0n) is 15.5. The standard InChI is InChI=1S/C18H29NO4S/c1-13-7-8-15(11-14(13)2)12-19-16(9-10-18(3,4)5)17(20)23-24(6,21)22/h7-8,11,16,19H,9-10,12H2,1-6H3/t16-/m0/s1. The zero-order chi connectivity index (χ0) is 18.5. The average Bonchev–Trinajstić information content (AvgIpc) is 2.39. The van der Waals surface area contributed by atoms with Crippen LogP contribution in [0.3, 0.4) is 0 Å². The second-order valence-corrected chi connectivity index (χ2v) is 9.13. The van der Waals surface area contributed by atoms with Crippen LogP contribution >= 0.6 is 0 Å². The molecule has 1 atom stereocenters. The van der Waals surface area contributed by atoms with Crippen molar-refractivity contribution in [2.45, 2.75) is 60.0 Å². The summed E-state index contributed by atoms with van der Waals surface area (Å²) in [6.07, 6.45) is 2.17. The molecule has 136 valence electrons. The molecule has 1 aromatic rings. The van der Waals surface area contributed by atoms with Crippen molar-refractivity contribution in [1.82, 2.24) is 5.32 Å². The van der Waals surface area contributed by atoms with Gasteiger partial charge in [-0.1, -0.05) is 39.0 Å². The predicted molar refractivity (Wildman–Crippen MR) is 96.2 cm³/mol. The van der Waals surface area contributed by atoms with Crippen molar-refractivity contribution < 1.29 is 17.4 Å². The molecule has 0 bridgehead atoms. The molecule has 6 heteroatoms. The monoisotopic (exact) mass is 355 g/mol. The smallest absolute Gasteiger partial charge is 0.338 e. The molecule has 0 saturated heterocycles. The van der Waals surface area contributed by atoms with Crippen LogP contribution in [0.15, 0.2) is 18.2 Å². The average molecular weight is 356 g/mol. The van der Waals surface area contributed by atoms with Crippen molar-refractivity contribution >= 4 is 16.1 Å². The van der Waals surface area contributed by atoms with Crippen molar-refractivity contribution in [1.29, 1.82) is 0 Å². The van der Waals surface area contributed by atoms with Crippen LogP contribution in [-0.2, 0) is 25.6 Å². The molecule has 0 fully saturated rings. The highest BCUT2D eigenvalue weighted by Gasteiger charge is 2.25. The number of nitrogens with one attached hydrogen (secondary N) is 1. The fourth-order valence-electron chi connectivity index (χ4n) is 2.24. The maximum atomic E-state index is 12.2. The first-order chi connectivity index (χ1) is 10.9. The van der Waals surface area contributed by atoms with E-state index in [2.05, 4.69) is 36.3 Å². The van der Waals surface area contributed by atoms with Crippen LogP contribution in [0.2, 0.25) is 0 Å². The van der Waals surface area contributed by atoms with Gasteiger partial charge in [0.1, 0.15) is 6.04 Å². The van der Waals surface area contributed by atoms with Crippen molar-refractivity contribution in [3.05, 3.63) is 34.9 Å². The largest absolute Gasteiger partial charge is 0.344 e. The van der Waals surface area contributed by atoms with Gasteiger partial charge in [0.05, 0.1) is 6.26 Å². The van der Waals surface area contributed by atoms with Gasteiger partial charge in [0.15, 0.2) is 0 Å². The molecule has 0 aliphatic carbocycles. The molecular weight excluding hydrogens is 326 g/mol. The molecule has 1 rings (SSSR count). The fraction of sp³-hybridized carbons (Fsp3) is 0.611. The first-order valence-corrected chi connectivity index (χ1v) is 9.92. The number of benzene rings is 1. The molecule has 5 nitrogen and oxygen atoms in total. The lowest BCUT2D eigenvalue weighted by Crippen LogP contribution is -2.39. The number of carbonyl (C=O) groups is 1. The highest BCUT2D eigenvalue weighted by Crippen LogP contribution is 2.22. The molecule has 0 radical (unpaired) electrons. The Kier molecular flexibility index (Phi) is 6.98. The molecule has 0 spiro atoms. The van der Waals surface area contributed by atoms with E-state index < -0.39 is 22.1 Å². The second-order valence-electron chi connectivity index (χ2n) is 7.56. The summed E-state index contributed by atoms with van der Waals surface area (Å²) in [6.45, 7) is 10.8. The third-order valence-electron chi connectivity index (χ3n) is 3.82. The molecule has 0 amide bonds. The third-order valence-corrected chi connectivity index (χ3v) is 4.29. The zero-order valence-corrected chi connectivity index (χ0v) is 16.3. The lowest BCUT2D eigenvalue weighted by Gasteiger charge is -2.23. The number of aryl methyl sites for hydroxylation is 2. The first-order valence-electron chi connectivity index (χ1n) is 8.10. The lowest BCUT2D eigenvalue weighted by atomic mass is 9.88. The Bertz CT molecular complexity index is 675. The summed E-state index contributed by atoms with van der Waals surface area (Å²) in [7, 11) is -3.81. The lowest BCUT2D eigenvalue weighted by molar-refractivity contribution is -0.136. The Morgan fingerprint density at radius 2 is 1.83 bits per heavy atom. The maximum Gasteiger partial charge on any atom is 0.338 e. The Balaban J connectivity index is 2.79. The SMILES string of the molecule is Cc1ccc(CN[C@@H](CCC(C)(C)C)C(=O)OS(C)(=O)=O)cc1C. The molecule has 0 unspecified atom stereocenters. The Labute approximate surface area is 145 Å². The molecule has 0 heterocycles. The van der Waals surface area contributed by atoms with Crippen LogP contribution in [0.4, 0.5) is 0 Å². The van der Waals surface area contributed by atoms with Gasteiger partial charge >= 0.3 is 16.1 Å². The van der Waals surface area contributed by atoms with Crippen molar-refractivity contribution in [2.24, 2.45) is 5.41 Å². The Morgan fingerprint density at radius 3 is 2.33 bits per heavy atom. The van der Waals surface area contributed by atoms with Gasteiger partial charge in [-0.2, -0.15) is 8.42 Å². The van der Waals surface area contributed by atoms with E-state index in [1.807, 2.05) is 26.0 Å². The molecule has 0 aliphatic heterocycles. The van der Waals surface area contributed by atoms with Crippen molar-refractivity contribution in [3.63, 3.8) is 0 Å². The van der Waals surface area contributed by atoms with Gasteiger partial charge in [-0.25, -0.2) is 4.79 Å². The van der Waals surface area contributed by atoms with Gasteiger partial charge in [-0.3, -0.25) is 0 Å². The summed E-state index contributed by atoms with van der Waals surface area (Å²) in [4.78, 5) is 12.2. The number of carbonyl (C=O) groups excluding carboxylic acids is 1. The van der Waals surface area contributed by atoms with Crippen molar-refractivity contribution in [2.75, 3.05) is 6.26 Å². The van der Waals surface area contributed by atoms with E-state index in [0.29, 0.717) is 13.0 Å².